The maximum absolute atomic E-state index is 12.2. The topological polar surface area (TPSA) is 91.3 Å². The van der Waals surface area contributed by atoms with Crippen molar-refractivity contribution in [1.82, 2.24) is 19.9 Å². The summed E-state index contributed by atoms with van der Waals surface area (Å²) in [7, 11) is 0. The lowest BCUT2D eigenvalue weighted by Gasteiger charge is -2.34. The fourth-order valence-electron chi connectivity index (χ4n) is 2.27. The number of nitrogens with one attached hydrogen (secondary N) is 1. The molecule has 0 radical (unpaired) electrons. The Labute approximate surface area is 137 Å². The van der Waals surface area contributed by atoms with E-state index in [1.54, 1.807) is 18.5 Å². The Bertz CT molecular complexity index is 696. The van der Waals surface area contributed by atoms with Crippen LogP contribution < -0.4 is 10.2 Å². The summed E-state index contributed by atoms with van der Waals surface area (Å²) in [5, 5.41) is 4.80. The number of hydrogen-bond donors (Lipinski definition) is 1. The van der Waals surface area contributed by atoms with E-state index in [1.807, 2.05) is 17.2 Å². The fraction of sp³-hybridized carbons (Fsp3) is 0.357. The number of hydrogen-bond acceptors (Lipinski definition) is 7. The number of thiazole rings is 1. The van der Waals surface area contributed by atoms with Crippen molar-refractivity contribution in [3.05, 3.63) is 29.5 Å². The minimum Gasteiger partial charge on any atom is -0.337 e. The van der Waals surface area contributed by atoms with Crippen LogP contribution in [0.5, 0.6) is 0 Å². The SMILES string of the molecule is Cc1csc(NC(=O)C(=O)N2CCN(c3ncccn3)CC2)n1. The van der Waals surface area contributed by atoms with Gasteiger partial charge < -0.3 is 9.80 Å². The molecule has 3 rings (SSSR count). The number of anilines is 2. The minimum absolute atomic E-state index is 0.442. The predicted octanol–water partition coefficient (Wildman–Crippen LogP) is 0.529. The molecule has 1 N–H and O–H groups in total. The van der Waals surface area contributed by atoms with Gasteiger partial charge in [0.15, 0.2) is 5.13 Å². The van der Waals surface area contributed by atoms with Crippen molar-refractivity contribution in [2.75, 3.05) is 36.4 Å². The first kappa shape index (κ1) is 15.3. The summed E-state index contributed by atoms with van der Waals surface area (Å²) in [6.45, 7) is 3.94. The molecule has 2 aromatic rings. The molecule has 1 aliphatic rings. The third kappa shape index (κ3) is 3.62. The normalized spacial score (nSPS) is 14.7. The number of rotatable bonds is 2. The van der Waals surface area contributed by atoms with Gasteiger partial charge in [0.1, 0.15) is 0 Å². The molecule has 0 aromatic carbocycles. The van der Waals surface area contributed by atoms with Crippen molar-refractivity contribution in [2.24, 2.45) is 0 Å². The van der Waals surface area contributed by atoms with E-state index in [2.05, 4.69) is 20.3 Å². The summed E-state index contributed by atoms with van der Waals surface area (Å²) in [4.78, 5) is 40.2. The Hall–Kier alpha value is -2.55. The highest BCUT2D eigenvalue weighted by Crippen LogP contribution is 2.15. The second-order valence-corrected chi connectivity index (χ2v) is 5.93. The van der Waals surface area contributed by atoms with E-state index in [0.29, 0.717) is 37.3 Å². The van der Waals surface area contributed by atoms with Gasteiger partial charge >= 0.3 is 11.8 Å². The molecule has 1 saturated heterocycles. The van der Waals surface area contributed by atoms with E-state index in [1.165, 1.54) is 16.2 Å². The lowest BCUT2D eigenvalue weighted by atomic mass is 10.3. The summed E-state index contributed by atoms with van der Waals surface area (Å²) in [5.74, 6) is -0.544. The quantitative estimate of drug-likeness (QED) is 0.807. The van der Waals surface area contributed by atoms with E-state index in [9.17, 15) is 9.59 Å². The Morgan fingerprint density at radius 2 is 1.87 bits per heavy atom. The number of carbonyl (C=O) groups is 2. The smallest absolute Gasteiger partial charge is 0.315 e. The molecule has 3 heterocycles. The summed E-state index contributed by atoms with van der Waals surface area (Å²) in [6.07, 6.45) is 3.37. The van der Waals surface area contributed by atoms with Crippen molar-refractivity contribution >= 4 is 34.2 Å². The zero-order valence-corrected chi connectivity index (χ0v) is 13.4. The number of nitrogens with zero attached hydrogens (tertiary/aromatic N) is 5. The van der Waals surface area contributed by atoms with Crippen LogP contribution in [0.2, 0.25) is 0 Å². The van der Waals surface area contributed by atoms with Crippen molar-refractivity contribution in [1.29, 1.82) is 0 Å². The van der Waals surface area contributed by atoms with E-state index in [-0.39, 0.29) is 0 Å². The van der Waals surface area contributed by atoms with Crippen molar-refractivity contribution < 1.29 is 9.59 Å². The zero-order valence-electron chi connectivity index (χ0n) is 12.6. The van der Waals surface area contributed by atoms with Gasteiger partial charge in [-0.1, -0.05) is 0 Å². The Balaban J connectivity index is 1.54. The van der Waals surface area contributed by atoms with Crippen LogP contribution in [0.3, 0.4) is 0 Å². The first-order valence-electron chi connectivity index (χ1n) is 7.18. The number of carbonyl (C=O) groups excluding carboxylic acids is 2. The fourth-order valence-corrected chi connectivity index (χ4v) is 2.95. The van der Waals surface area contributed by atoms with Gasteiger partial charge in [-0.3, -0.25) is 14.9 Å². The first-order chi connectivity index (χ1) is 11.1. The molecule has 2 amide bonds. The molecule has 0 atom stereocenters. The molecule has 0 unspecified atom stereocenters. The van der Waals surface area contributed by atoms with Crippen LogP contribution in [0.25, 0.3) is 0 Å². The molecule has 8 nitrogen and oxygen atoms in total. The van der Waals surface area contributed by atoms with E-state index >= 15 is 0 Å². The van der Waals surface area contributed by atoms with Crippen molar-refractivity contribution in [3.63, 3.8) is 0 Å². The average molecular weight is 332 g/mol. The molecule has 120 valence electrons. The Kier molecular flexibility index (Phi) is 4.47. The van der Waals surface area contributed by atoms with Crippen LogP contribution in [0, 0.1) is 6.92 Å². The molecule has 1 fully saturated rings. The highest BCUT2D eigenvalue weighted by atomic mass is 32.1. The molecule has 23 heavy (non-hydrogen) atoms. The van der Waals surface area contributed by atoms with Gasteiger partial charge in [0, 0.05) is 44.0 Å². The number of piperazine rings is 1. The standard InChI is InChI=1S/C14H16N6O2S/c1-10-9-23-14(17-10)18-11(21)12(22)19-5-7-20(8-6-19)13-15-3-2-4-16-13/h2-4,9H,5-8H2,1H3,(H,17,18,21). The molecule has 0 spiro atoms. The van der Waals surface area contributed by atoms with Gasteiger partial charge in [0.25, 0.3) is 0 Å². The van der Waals surface area contributed by atoms with Crippen LogP contribution >= 0.6 is 11.3 Å². The molecule has 2 aromatic heterocycles. The van der Waals surface area contributed by atoms with Crippen LogP contribution in [0.15, 0.2) is 23.8 Å². The maximum Gasteiger partial charge on any atom is 0.315 e. The van der Waals surface area contributed by atoms with E-state index < -0.39 is 11.8 Å². The molecule has 0 aliphatic carbocycles. The van der Waals surface area contributed by atoms with Gasteiger partial charge in [-0.2, -0.15) is 0 Å². The lowest BCUT2D eigenvalue weighted by molar-refractivity contribution is -0.143. The Morgan fingerprint density at radius 1 is 1.17 bits per heavy atom. The second kappa shape index (κ2) is 6.69. The highest BCUT2D eigenvalue weighted by molar-refractivity contribution is 7.14. The number of aromatic nitrogens is 3. The first-order valence-corrected chi connectivity index (χ1v) is 8.06. The molecule has 0 saturated carbocycles. The van der Waals surface area contributed by atoms with Gasteiger partial charge in [0.05, 0.1) is 5.69 Å². The van der Waals surface area contributed by atoms with E-state index in [4.69, 9.17) is 0 Å². The molecule has 1 aliphatic heterocycles. The summed E-state index contributed by atoms with van der Waals surface area (Å²) >= 11 is 1.30. The summed E-state index contributed by atoms with van der Waals surface area (Å²) in [5.41, 5.74) is 0.814. The van der Waals surface area contributed by atoms with Crippen molar-refractivity contribution in [2.45, 2.75) is 6.92 Å². The van der Waals surface area contributed by atoms with Gasteiger partial charge in [-0.25, -0.2) is 15.0 Å². The predicted molar refractivity (Wildman–Crippen MR) is 86.3 cm³/mol. The summed E-state index contributed by atoms with van der Waals surface area (Å²) in [6, 6.07) is 1.76. The molecular formula is C14H16N6O2S. The third-order valence-corrected chi connectivity index (χ3v) is 4.31. The van der Waals surface area contributed by atoms with Crippen LogP contribution in [-0.4, -0.2) is 57.8 Å². The van der Waals surface area contributed by atoms with Crippen LogP contribution in [0.1, 0.15) is 5.69 Å². The number of amides is 2. The Morgan fingerprint density at radius 3 is 2.48 bits per heavy atom. The van der Waals surface area contributed by atoms with E-state index in [0.717, 1.165) is 5.69 Å². The van der Waals surface area contributed by atoms with Gasteiger partial charge in [-0.15, -0.1) is 11.3 Å². The van der Waals surface area contributed by atoms with Gasteiger partial charge in [0.2, 0.25) is 5.95 Å². The second-order valence-electron chi connectivity index (χ2n) is 5.08. The molecule has 9 heteroatoms. The lowest BCUT2D eigenvalue weighted by Crippen LogP contribution is -2.52. The molecular weight excluding hydrogens is 316 g/mol. The highest BCUT2D eigenvalue weighted by Gasteiger charge is 2.27. The van der Waals surface area contributed by atoms with Crippen LogP contribution in [-0.2, 0) is 9.59 Å². The van der Waals surface area contributed by atoms with Crippen LogP contribution in [0.4, 0.5) is 11.1 Å². The maximum atomic E-state index is 12.2. The number of aryl methyl sites for hydroxylation is 1. The molecule has 0 bridgehead atoms. The minimum atomic E-state index is -0.649. The summed E-state index contributed by atoms with van der Waals surface area (Å²) < 4.78 is 0. The average Bonchev–Trinajstić information content (AvgIpc) is 3.00. The zero-order chi connectivity index (χ0) is 16.2. The van der Waals surface area contributed by atoms with Crippen molar-refractivity contribution in [3.8, 4) is 0 Å². The monoisotopic (exact) mass is 332 g/mol. The third-order valence-electron chi connectivity index (χ3n) is 3.44. The largest absolute Gasteiger partial charge is 0.337 e. The van der Waals surface area contributed by atoms with Gasteiger partial charge in [-0.05, 0) is 13.0 Å².